The zero-order valence-electron chi connectivity index (χ0n) is 10.5. The molecule has 1 aliphatic rings. The summed E-state index contributed by atoms with van der Waals surface area (Å²) >= 11 is 3.34. The van der Waals surface area contributed by atoms with E-state index < -0.39 is 10.0 Å². The summed E-state index contributed by atoms with van der Waals surface area (Å²) in [6.45, 7) is 2.46. The molecule has 1 aromatic carbocycles. The summed E-state index contributed by atoms with van der Waals surface area (Å²) in [4.78, 5) is 0.412. The van der Waals surface area contributed by atoms with Crippen molar-refractivity contribution in [1.29, 1.82) is 0 Å². The van der Waals surface area contributed by atoms with Gasteiger partial charge in [-0.2, -0.15) is 4.31 Å². The van der Waals surface area contributed by atoms with Crippen molar-refractivity contribution in [3.8, 4) is 0 Å². The first kappa shape index (κ1) is 14.0. The van der Waals surface area contributed by atoms with Crippen molar-refractivity contribution in [2.45, 2.75) is 37.1 Å². The van der Waals surface area contributed by atoms with Crippen LogP contribution in [0.15, 0.2) is 29.2 Å². The molecule has 100 valence electrons. The Hall–Kier alpha value is -0.390. The Kier molecular flexibility index (Phi) is 4.45. The van der Waals surface area contributed by atoms with Gasteiger partial charge in [-0.3, -0.25) is 0 Å². The molecule has 0 heterocycles. The first-order valence-electron chi connectivity index (χ1n) is 6.20. The van der Waals surface area contributed by atoms with E-state index in [-0.39, 0.29) is 6.04 Å². The molecule has 0 amide bonds. The zero-order valence-corrected chi connectivity index (χ0v) is 12.9. The molecule has 1 fully saturated rings. The number of sulfonamides is 1. The Balaban J connectivity index is 2.32. The number of halogens is 1. The van der Waals surface area contributed by atoms with Crippen molar-refractivity contribution in [1.82, 2.24) is 4.31 Å². The van der Waals surface area contributed by atoms with Crippen LogP contribution in [0.4, 0.5) is 0 Å². The average Bonchev–Trinajstić information content (AvgIpc) is 2.26. The van der Waals surface area contributed by atoms with Crippen molar-refractivity contribution in [2.24, 2.45) is 0 Å². The number of rotatable bonds is 5. The van der Waals surface area contributed by atoms with Crippen LogP contribution in [-0.2, 0) is 10.0 Å². The second kappa shape index (κ2) is 5.72. The Morgan fingerprint density at radius 2 is 2.11 bits per heavy atom. The summed E-state index contributed by atoms with van der Waals surface area (Å²) < 4.78 is 26.9. The molecule has 0 aromatic heterocycles. The zero-order chi connectivity index (χ0) is 13.2. The molecule has 0 atom stereocenters. The molecule has 0 aliphatic heterocycles. The first-order valence-corrected chi connectivity index (χ1v) is 8.76. The summed E-state index contributed by atoms with van der Waals surface area (Å²) in [7, 11) is -3.34. The maximum absolute atomic E-state index is 12.6. The van der Waals surface area contributed by atoms with E-state index in [9.17, 15) is 8.42 Å². The van der Waals surface area contributed by atoms with Crippen LogP contribution < -0.4 is 0 Å². The SMILES string of the molecule is Cc1cccc(S(=O)(=O)N(CCBr)C2CCC2)c1. The summed E-state index contributed by atoms with van der Waals surface area (Å²) in [5.74, 6) is 0. The van der Waals surface area contributed by atoms with Gasteiger partial charge in [0, 0.05) is 17.9 Å². The van der Waals surface area contributed by atoms with Crippen molar-refractivity contribution in [3.63, 3.8) is 0 Å². The quantitative estimate of drug-likeness (QED) is 0.778. The fourth-order valence-corrected chi connectivity index (χ4v) is 4.58. The smallest absolute Gasteiger partial charge is 0.207 e. The molecule has 5 heteroatoms. The third kappa shape index (κ3) is 2.78. The van der Waals surface area contributed by atoms with Gasteiger partial charge >= 0.3 is 0 Å². The fraction of sp³-hybridized carbons (Fsp3) is 0.538. The summed E-state index contributed by atoms with van der Waals surface area (Å²) in [5.41, 5.74) is 0.975. The van der Waals surface area contributed by atoms with Gasteiger partial charge in [-0.05, 0) is 37.5 Å². The van der Waals surface area contributed by atoms with E-state index in [0.717, 1.165) is 24.8 Å². The number of aryl methyl sites for hydroxylation is 1. The van der Waals surface area contributed by atoms with E-state index in [4.69, 9.17) is 0 Å². The maximum atomic E-state index is 12.6. The lowest BCUT2D eigenvalue weighted by atomic mass is 9.93. The summed E-state index contributed by atoms with van der Waals surface area (Å²) in [6.07, 6.45) is 3.10. The average molecular weight is 332 g/mol. The largest absolute Gasteiger partial charge is 0.243 e. The molecule has 3 nitrogen and oxygen atoms in total. The van der Waals surface area contributed by atoms with Gasteiger partial charge in [0.05, 0.1) is 4.90 Å². The number of benzene rings is 1. The van der Waals surface area contributed by atoms with Crippen molar-refractivity contribution < 1.29 is 8.42 Å². The van der Waals surface area contributed by atoms with Crippen LogP contribution in [0.2, 0.25) is 0 Å². The monoisotopic (exact) mass is 331 g/mol. The third-order valence-electron chi connectivity index (χ3n) is 3.38. The first-order chi connectivity index (χ1) is 8.55. The Labute approximate surface area is 117 Å². The molecule has 0 unspecified atom stereocenters. The van der Waals surface area contributed by atoms with Crippen LogP contribution in [0.1, 0.15) is 24.8 Å². The predicted octanol–water partition coefficient (Wildman–Crippen LogP) is 2.93. The van der Waals surface area contributed by atoms with Crippen LogP contribution in [-0.4, -0.2) is 30.6 Å². The molecule has 0 radical (unpaired) electrons. The minimum absolute atomic E-state index is 0.188. The standard InChI is InChI=1S/C13H18BrNO2S/c1-11-4-2-7-13(10-11)18(16,17)15(9-8-14)12-5-3-6-12/h2,4,7,10,12H,3,5-6,8-9H2,1H3. The van der Waals surface area contributed by atoms with Crippen molar-refractivity contribution in [2.75, 3.05) is 11.9 Å². The second-order valence-electron chi connectivity index (χ2n) is 4.71. The maximum Gasteiger partial charge on any atom is 0.243 e. The van der Waals surface area contributed by atoms with Gasteiger partial charge < -0.3 is 0 Å². The van der Waals surface area contributed by atoms with Crippen LogP contribution in [0.25, 0.3) is 0 Å². The number of nitrogens with zero attached hydrogens (tertiary/aromatic N) is 1. The third-order valence-corrected chi connectivity index (χ3v) is 5.69. The molecule has 18 heavy (non-hydrogen) atoms. The van der Waals surface area contributed by atoms with Crippen LogP contribution >= 0.6 is 15.9 Å². The van der Waals surface area contributed by atoms with Crippen LogP contribution in [0.3, 0.4) is 0 Å². The fourth-order valence-electron chi connectivity index (χ4n) is 2.17. The highest BCUT2D eigenvalue weighted by atomic mass is 79.9. The molecule has 0 bridgehead atoms. The Bertz CT molecular complexity index is 511. The topological polar surface area (TPSA) is 37.4 Å². The van der Waals surface area contributed by atoms with Crippen LogP contribution in [0.5, 0.6) is 0 Å². The summed E-state index contributed by atoms with van der Waals surface area (Å²) in [5, 5.41) is 0.675. The molecule has 1 aromatic rings. The molecule has 0 saturated heterocycles. The Morgan fingerprint density at radius 1 is 1.39 bits per heavy atom. The van der Waals surface area contributed by atoms with E-state index >= 15 is 0 Å². The van der Waals surface area contributed by atoms with Gasteiger partial charge in [0.25, 0.3) is 0 Å². The summed E-state index contributed by atoms with van der Waals surface area (Å²) in [6, 6.07) is 7.33. The van der Waals surface area contributed by atoms with Crippen molar-refractivity contribution >= 4 is 26.0 Å². The van der Waals surface area contributed by atoms with E-state index in [1.165, 1.54) is 0 Å². The number of hydrogen-bond acceptors (Lipinski definition) is 2. The highest BCUT2D eigenvalue weighted by Gasteiger charge is 2.34. The van der Waals surface area contributed by atoms with Crippen molar-refractivity contribution in [3.05, 3.63) is 29.8 Å². The van der Waals surface area contributed by atoms with Gasteiger partial charge in [0.15, 0.2) is 0 Å². The van der Waals surface area contributed by atoms with Gasteiger partial charge in [-0.15, -0.1) is 0 Å². The lowest BCUT2D eigenvalue weighted by Crippen LogP contribution is -2.45. The van der Waals surface area contributed by atoms with Gasteiger partial charge in [0.2, 0.25) is 10.0 Å². The molecule has 0 N–H and O–H groups in total. The Morgan fingerprint density at radius 3 is 2.61 bits per heavy atom. The number of alkyl halides is 1. The molecule has 2 rings (SSSR count). The minimum atomic E-state index is -3.34. The minimum Gasteiger partial charge on any atom is -0.207 e. The highest BCUT2D eigenvalue weighted by molar-refractivity contribution is 9.09. The number of hydrogen-bond donors (Lipinski definition) is 0. The van der Waals surface area contributed by atoms with Gasteiger partial charge in [-0.1, -0.05) is 34.5 Å². The van der Waals surface area contributed by atoms with Gasteiger partial charge in [-0.25, -0.2) is 8.42 Å². The van der Waals surface area contributed by atoms with Crippen LogP contribution in [0, 0.1) is 6.92 Å². The predicted molar refractivity (Wildman–Crippen MR) is 76.5 cm³/mol. The van der Waals surface area contributed by atoms with E-state index in [0.29, 0.717) is 16.8 Å². The van der Waals surface area contributed by atoms with Gasteiger partial charge in [0.1, 0.15) is 0 Å². The molecule has 1 saturated carbocycles. The second-order valence-corrected chi connectivity index (χ2v) is 7.39. The lowest BCUT2D eigenvalue weighted by molar-refractivity contribution is 0.228. The normalized spacial score (nSPS) is 16.8. The van der Waals surface area contributed by atoms with E-state index in [2.05, 4.69) is 15.9 Å². The highest BCUT2D eigenvalue weighted by Crippen LogP contribution is 2.30. The lowest BCUT2D eigenvalue weighted by Gasteiger charge is -2.36. The van der Waals surface area contributed by atoms with E-state index in [1.807, 2.05) is 13.0 Å². The molecule has 1 aliphatic carbocycles. The molecule has 0 spiro atoms. The molecular weight excluding hydrogens is 314 g/mol. The molecular formula is C13H18BrNO2S. The van der Waals surface area contributed by atoms with E-state index in [1.54, 1.807) is 22.5 Å².